The van der Waals surface area contributed by atoms with E-state index in [1.54, 1.807) is 12.1 Å². The fourth-order valence-corrected chi connectivity index (χ4v) is 2.31. The molecule has 17 heavy (non-hydrogen) atoms. The number of nitro groups is 1. The van der Waals surface area contributed by atoms with Crippen molar-refractivity contribution in [2.75, 3.05) is 6.54 Å². The molecule has 4 nitrogen and oxygen atoms in total. The number of nitrogens with zero attached hydrogens (tertiary/aromatic N) is 1. The molecule has 1 unspecified atom stereocenters. The normalized spacial score (nSPS) is 20.8. The predicted molar refractivity (Wildman–Crippen MR) is 67.1 cm³/mol. The van der Waals surface area contributed by atoms with E-state index in [1.165, 1.54) is 31.2 Å². The van der Waals surface area contributed by atoms with Crippen molar-refractivity contribution in [2.45, 2.75) is 38.1 Å². The summed E-state index contributed by atoms with van der Waals surface area (Å²) in [6.45, 7) is 1.09. The van der Waals surface area contributed by atoms with Gasteiger partial charge in [-0.05, 0) is 31.4 Å². The van der Waals surface area contributed by atoms with Crippen molar-refractivity contribution in [1.82, 2.24) is 5.32 Å². The van der Waals surface area contributed by atoms with Crippen molar-refractivity contribution < 1.29 is 4.92 Å². The van der Waals surface area contributed by atoms with Gasteiger partial charge in [-0.1, -0.05) is 25.0 Å². The van der Waals surface area contributed by atoms with Gasteiger partial charge in [0.1, 0.15) is 0 Å². The van der Waals surface area contributed by atoms with Gasteiger partial charge in [0, 0.05) is 18.2 Å². The summed E-state index contributed by atoms with van der Waals surface area (Å²) in [6, 6.07) is 7.44. The lowest BCUT2D eigenvalue weighted by Gasteiger charge is -2.15. The third-order valence-electron chi connectivity index (χ3n) is 3.29. The first-order valence-corrected chi connectivity index (χ1v) is 6.22. The zero-order chi connectivity index (χ0) is 12.1. The number of non-ortho nitro benzene ring substituents is 1. The van der Waals surface area contributed by atoms with E-state index >= 15 is 0 Å². The third kappa shape index (κ3) is 3.53. The first kappa shape index (κ1) is 12.0. The summed E-state index contributed by atoms with van der Waals surface area (Å²) in [5, 5.41) is 14.1. The molecule has 92 valence electrons. The van der Waals surface area contributed by atoms with Crippen LogP contribution in [0.1, 0.15) is 31.2 Å². The highest BCUT2D eigenvalue weighted by atomic mass is 16.6. The number of hydrogen-bond acceptors (Lipinski definition) is 3. The molecule has 1 aromatic rings. The Balaban J connectivity index is 1.95. The van der Waals surface area contributed by atoms with Gasteiger partial charge in [0.2, 0.25) is 0 Å². The largest absolute Gasteiger partial charge is 0.314 e. The molecule has 1 saturated heterocycles. The number of nitrogens with one attached hydrogen (secondary N) is 1. The summed E-state index contributed by atoms with van der Waals surface area (Å²) >= 11 is 0. The molecule has 0 aliphatic carbocycles. The van der Waals surface area contributed by atoms with Crippen LogP contribution >= 0.6 is 0 Å². The molecule has 1 fully saturated rings. The van der Waals surface area contributed by atoms with E-state index in [4.69, 9.17) is 0 Å². The number of rotatable bonds is 3. The Hall–Kier alpha value is -1.42. The summed E-state index contributed by atoms with van der Waals surface area (Å²) in [5.41, 5.74) is 1.34. The summed E-state index contributed by atoms with van der Waals surface area (Å²) in [6.07, 6.45) is 6.03. The van der Waals surface area contributed by atoms with Crippen molar-refractivity contribution in [2.24, 2.45) is 0 Å². The number of benzene rings is 1. The monoisotopic (exact) mass is 234 g/mol. The summed E-state index contributed by atoms with van der Waals surface area (Å²) in [7, 11) is 0. The quantitative estimate of drug-likeness (QED) is 0.646. The van der Waals surface area contributed by atoms with Crippen LogP contribution in [0.4, 0.5) is 5.69 Å². The molecule has 0 saturated carbocycles. The molecule has 0 aromatic heterocycles. The minimum absolute atomic E-state index is 0.169. The van der Waals surface area contributed by atoms with Gasteiger partial charge in [0.25, 0.3) is 5.69 Å². The van der Waals surface area contributed by atoms with Crippen LogP contribution in [-0.2, 0) is 6.42 Å². The van der Waals surface area contributed by atoms with Gasteiger partial charge in [-0.2, -0.15) is 0 Å². The maximum Gasteiger partial charge on any atom is 0.269 e. The lowest BCUT2D eigenvalue weighted by molar-refractivity contribution is -0.384. The molecule has 1 aromatic carbocycles. The fourth-order valence-electron chi connectivity index (χ4n) is 2.31. The molecule has 1 aliphatic rings. The lowest BCUT2D eigenvalue weighted by atomic mass is 10.0. The van der Waals surface area contributed by atoms with Crippen LogP contribution < -0.4 is 5.32 Å². The number of hydrogen-bond donors (Lipinski definition) is 1. The Morgan fingerprint density at radius 3 is 2.71 bits per heavy atom. The van der Waals surface area contributed by atoms with Gasteiger partial charge >= 0.3 is 0 Å². The molecule has 4 heteroatoms. The second-order valence-electron chi connectivity index (χ2n) is 4.63. The minimum Gasteiger partial charge on any atom is -0.314 e. The summed E-state index contributed by atoms with van der Waals surface area (Å²) < 4.78 is 0. The second kappa shape index (κ2) is 5.77. The van der Waals surface area contributed by atoms with Crippen molar-refractivity contribution in [3.8, 4) is 0 Å². The molecule has 0 bridgehead atoms. The summed E-state index contributed by atoms with van der Waals surface area (Å²) in [4.78, 5) is 10.2. The Bertz CT molecular complexity index is 368. The molecular weight excluding hydrogens is 216 g/mol. The van der Waals surface area contributed by atoms with E-state index in [2.05, 4.69) is 5.32 Å². The molecule has 1 heterocycles. The zero-order valence-corrected chi connectivity index (χ0v) is 9.89. The van der Waals surface area contributed by atoms with E-state index in [9.17, 15) is 10.1 Å². The molecule has 1 N–H and O–H groups in total. The number of nitro benzene ring substituents is 1. The van der Waals surface area contributed by atoms with Crippen molar-refractivity contribution >= 4 is 5.69 Å². The topological polar surface area (TPSA) is 55.2 Å². The van der Waals surface area contributed by atoms with Crippen molar-refractivity contribution in [3.63, 3.8) is 0 Å². The summed E-state index contributed by atoms with van der Waals surface area (Å²) in [5.74, 6) is 0. The predicted octanol–water partition coefficient (Wildman–Crippen LogP) is 2.67. The van der Waals surface area contributed by atoms with Crippen molar-refractivity contribution in [3.05, 3.63) is 39.9 Å². The molecule has 0 radical (unpaired) electrons. The molecule has 0 amide bonds. The first-order valence-electron chi connectivity index (χ1n) is 6.22. The van der Waals surface area contributed by atoms with Crippen LogP contribution in [0.25, 0.3) is 0 Å². The second-order valence-corrected chi connectivity index (χ2v) is 4.63. The highest BCUT2D eigenvalue weighted by molar-refractivity contribution is 5.33. The SMILES string of the molecule is O=[N+]([O-])c1ccc(CC2CCCCCN2)cc1. The third-order valence-corrected chi connectivity index (χ3v) is 3.29. The van der Waals surface area contributed by atoms with E-state index in [1.807, 2.05) is 12.1 Å². The Morgan fingerprint density at radius 2 is 2.00 bits per heavy atom. The van der Waals surface area contributed by atoms with Gasteiger partial charge < -0.3 is 5.32 Å². The van der Waals surface area contributed by atoms with E-state index in [0.29, 0.717) is 6.04 Å². The molecule has 2 rings (SSSR count). The van der Waals surface area contributed by atoms with Crippen LogP contribution in [-0.4, -0.2) is 17.5 Å². The Labute approximate surface area is 101 Å². The van der Waals surface area contributed by atoms with Gasteiger partial charge in [0.05, 0.1) is 4.92 Å². The standard InChI is InChI=1S/C13H18N2O2/c16-15(17)13-7-5-11(6-8-13)10-12-4-2-1-3-9-14-12/h5-8,12,14H,1-4,9-10H2. The van der Waals surface area contributed by atoms with E-state index in [0.717, 1.165) is 13.0 Å². The average Bonchev–Trinajstić information content (AvgIpc) is 2.58. The maximum absolute atomic E-state index is 10.5. The van der Waals surface area contributed by atoms with Crippen LogP contribution in [0.3, 0.4) is 0 Å². The van der Waals surface area contributed by atoms with Crippen LogP contribution in [0.15, 0.2) is 24.3 Å². The Morgan fingerprint density at radius 1 is 1.24 bits per heavy atom. The molecular formula is C13H18N2O2. The maximum atomic E-state index is 10.5. The van der Waals surface area contributed by atoms with Gasteiger partial charge in [-0.25, -0.2) is 0 Å². The average molecular weight is 234 g/mol. The van der Waals surface area contributed by atoms with Crippen LogP contribution in [0.5, 0.6) is 0 Å². The fraction of sp³-hybridized carbons (Fsp3) is 0.538. The Kier molecular flexibility index (Phi) is 4.09. The smallest absolute Gasteiger partial charge is 0.269 e. The van der Waals surface area contributed by atoms with Gasteiger partial charge in [-0.15, -0.1) is 0 Å². The van der Waals surface area contributed by atoms with Crippen LogP contribution in [0, 0.1) is 10.1 Å². The first-order chi connectivity index (χ1) is 8.25. The highest BCUT2D eigenvalue weighted by Gasteiger charge is 2.12. The van der Waals surface area contributed by atoms with E-state index in [-0.39, 0.29) is 10.6 Å². The molecule has 1 aliphatic heterocycles. The zero-order valence-electron chi connectivity index (χ0n) is 9.89. The van der Waals surface area contributed by atoms with E-state index < -0.39 is 0 Å². The van der Waals surface area contributed by atoms with Gasteiger partial charge in [0.15, 0.2) is 0 Å². The highest BCUT2D eigenvalue weighted by Crippen LogP contribution is 2.16. The molecule has 1 atom stereocenters. The minimum atomic E-state index is -0.353. The van der Waals surface area contributed by atoms with Gasteiger partial charge in [-0.3, -0.25) is 10.1 Å². The molecule has 0 spiro atoms. The van der Waals surface area contributed by atoms with Crippen molar-refractivity contribution in [1.29, 1.82) is 0 Å². The van der Waals surface area contributed by atoms with Crippen LogP contribution in [0.2, 0.25) is 0 Å². The lowest BCUT2D eigenvalue weighted by Crippen LogP contribution is -2.30.